The number of hydrogen-bond acceptors (Lipinski definition) is 6. The van der Waals surface area contributed by atoms with Gasteiger partial charge in [-0.05, 0) is 0 Å². The van der Waals surface area contributed by atoms with E-state index in [1.54, 1.807) is 0 Å². The van der Waals surface area contributed by atoms with Crippen molar-refractivity contribution in [1.82, 2.24) is 9.55 Å². The normalized spacial score (nSPS) is 30.2. The first-order chi connectivity index (χ1) is 9.08. The van der Waals surface area contributed by atoms with Crippen LogP contribution in [0.3, 0.4) is 0 Å². The molecule has 8 nitrogen and oxygen atoms in total. The highest BCUT2D eigenvalue weighted by Gasteiger charge is 2.45. The number of H-pyrrole nitrogens is 1. The van der Waals surface area contributed by atoms with Gasteiger partial charge in [-0.3, -0.25) is 14.3 Å². The van der Waals surface area contributed by atoms with Crippen molar-refractivity contribution >= 4 is 0 Å². The fourth-order valence-electron chi connectivity index (χ4n) is 2.00. The van der Waals surface area contributed by atoms with Gasteiger partial charge in [0, 0.05) is 12.3 Å². The van der Waals surface area contributed by atoms with Crippen molar-refractivity contribution in [3.63, 3.8) is 0 Å². The zero-order chi connectivity index (χ0) is 14.0. The molecule has 1 unspecified atom stereocenters. The van der Waals surface area contributed by atoms with E-state index >= 15 is 0 Å². The van der Waals surface area contributed by atoms with Crippen molar-refractivity contribution in [3.8, 4) is 0 Å². The summed E-state index contributed by atoms with van der Waals surface area (Å²) in [6.07, 6.45) is -1.54. The summed E-state index contributed by atoms with van der Waals surface area (Å²) in [4.78, 5) is 24.7. The Morgan fingerprint density at radius 3 is 2.89 bits per heavy atom. The van der Waals surface area contributed by atoms with Crippen molar-refractivity contribution in [3.05, 3.63) is 45.9 Å². The van der Waals surface area contributed by atoms with Gasteiger partial charge in [0.05, 0.1) is 12.9 Å². The van der Waals surface area contributed by atoms with Crippen molar-refractivity contribution in [2.75, 3.05) is 6.61 Å². The molecule has 0 bridgehead atoms. The van der Waals surface area contributed by atoms with Crippen LogP contribution in [-0.4, -0.2) is 44.7 Å². The van der Waals surface area contributed by atoms with E-state index in [0.717, 1.165) is 16.9 Å². The molecule has 1 aromatic rings. The van der Waals surface area contributed by atoms with Gasteiger partial charge in [0.15, 0.2) is 12.3 Å². The van der Waals surface area contributed by atoms with Crippen LogP contribution in [0.25, 0.3) is 0 Å². The SMILES string of the molecule is C=COC1[C@@H](CO)O[C@@H](n2ccc(=O)[nH]c2=O)[C@H]1O. The Labute approximate surface area is 107 Å². The lowest BCUT2D eigenvalue weighted by Crippen LogP contribution is -2.38. The van der Waals surface area contributed by atoms with Gasteiger partial charge in [-0.1, -0.05) is 6.58 Å². The number of rotatable bonds is 4. The summed E-state index contributed by atoms with van der Waals surface area (Å²) >= 11 is 0. The smallest absolute Gasteiger partial charge is 0.330 e. The summed E-state index contributed by atoms with van der Waals surface area (Å²) in [5.74, 6) is 0. The Hall–Kier alpha value is -1.90. The Morgan fingerprint density at radius 2 is 2.32 bits per heavy atom. The molecule has 4 atom stereocenters. The standard InChI is InChI=1S/C11H14N2O6/c1-2-18-9-6(5-14)19-10(8(9)16)13-4-3-7(15)12-11(13)17/h2-4,6,8-10,14,16H,1,5H2,(H,12,15,17)/t6-,8+,9?,10-/m1/s1. The number of nitrogens with one attached hydrogen (secondary N) is 1. The molecule has 3 N–H and O–H groups in total. The minimum atomic E-state index is -1.18. The lowest BCUT2D eigenvalue weighted by molar-refractivity contribution is -0.0554. The molecule has 0 spiro atoms. The third kappa shape index (κ3) is 2.46. The first-order valence-corrected chi connectivity index (χ1v) is 5.60. The number of aromatic nitrogens is 2. The summed E-state index contributed by atoms with van der Waals surface area (Å²) in [7, 11) is 0. The number of aliphatic hydroxyl groups excluding tert-OH is 2. The third-order valence-corrected chi connectivity index (χ3v) is 2.87. The van der Waals surface area contributed by atoms with E-state index < -0.39 is 35.8 Å². The van der Waals surface area contributed by atoms with Crippen LogP contribution in [0.4, 0.5) is 0 Å². The van der Waals surface area contributed by atoms with Crippen LogP contribution >= 0.6 is 0 Å². The first kappa shape index (κ1) is 13.5. The molecule has 0 saturated carbocycles. The molecule has 0 radical (unpaired) electrons. The molecule has 2 rings (SSSR count). The van der Waals surface area contributed by atoms with Gasteiger partial charge in [0.1, 0.15) is 12.2 Å². The van der Waals surface area contributed by atoms with E-state index in [1.807, 2.05) is 0 Å². The largest absolute Gasteiger partial charge is 0.493 e. The van der Waals surface area contributed by atoms with E-state index in [0.29, 0.717) is 0 Å². The minimum Gasteiger partial charge on any atom is -0.493 e. The van der Waals surface area contributed by atoms with E-state index in [1.165, 1.54) is 6.20 Å². The van der Waals surface area contributed by atoms with E-state index in [9.17, 15) is 14.7 Å². The summed E-state index contributed by atoms with van der Waals surface area (Å²) in [6, 6.07) is 1.13. The van der Waals surface area contributed by atoms with E-state index in [-0.39, 0.29) is 6.61 Å². The second kappa shape index (κ2) is 5.39. The first-order valence-electron chi connectivity index (χ1n) is 5.60. The van der Waals surface area contributed by atoms with Gasteiger partial charge in [-0.15, -0.1) is 0 Å². The molecule has 1 aliphatic heterocycles. The van der Waals surface area contributed by atoms with Crippen LogP contribution in [-0.2, 0) is 9.47 Å². The second-order valence-corrected chi connectivity index (χ2v) is 4.02. The molecule has 2 heterocycles. The molecule has 1 aliphatic rings. The number of aromatic amines is 1. The lowest BCUT2D eigenvalue weighted by Gasteiger charge is -2.18. The number of ether oxygens (including phenoxy) is 2. The van der Waals surface area contributed by atoms with Crippen LogP contribution in [0.1, 0.15) is 6.23 Å². The van der Waals surface area contributed by atoms with Crippen LogP contribution in [0, 0.1) is 0 Å². The maximum Gasteiger partial charge on any atom is 0.330 e. The van der Waals surface area contributed by atoms with Crippen molar-refractivity contribution in [2.45, 2.75) is 24.5 Å². The van der Waals surface area contributed by atoms with Gasteiger partial charge in [-0.25, -0.2) is 4.79 Å². The van der Waals surface area contributed by atoms with Crippen molar-refractivity contribution in [2.24, 2.45) is 0 Å². The minimum absolute atomic E-state index is 0.385. The second-order valence-electron chi connectivity index (χ2n) is 4.02. The molecule has 1 saturated heterocycles. The zero-order valence-electron chi connectivity index (χ0n) is 9.93. The molecular weight excluding hydrogens is 256 g/mol. The molecule has 0 aliphatic carbocycles. The zero-order valence-corrected chi connectivity index (χ0v) is 9.93. The maximum atomic E-state index is 11.6. The Kier molecular flexibility index (Phi) is 3.84. The Bertz CT molecular complexity index is 565. The molecule has 0 amide bonds. The average molecular weight is 270 g/mol. The molecule has 1 fully saturated rings. The monoisotopic (exact) mass is 270 g/mol. The van der Waals surface area contributed by atoms with Crippen LogP contribution < -0.4 is 11.2 Å². The van der Waals surface area contributed by atoms with Gasteiger partial charge in [-0.2, -0.15) is 0 Å². The Morgan fingerprint density at radius 1 is 1.58 bits per heavy atom. The van der Waals surface area contributed by atoms with E-state index in [4.69, 9.17) is 14.6 Å². The molecular formula is C11H14N2O6. The number of nitrogens with zero attached hydrogens (tertiary/aromatic N) is 1. The third-order valence-electron chi connectivity index (χ3n) is 2.87. The van der Waals surface area contributed by atoms with Crippen LogP contribution in [0.15, 0.2) is 34.7 Å². The molecule has 19 heavy (non-hydrogen) atoms. The highest BCUT2D eigenvalue weighted by molar-refractivity contribution is 4.94. The maximum absolute atomic E-state index is 11.6. The van der Waals surface area contributed by atoms with Crippen molar-refractivity contribution < 1.29 is 19.7 Å². The molecule has 8 heteroatoms. The topological polar surface area (TPSA) is 114 Å². The predicted octanol–water partition coefficient (Wildman–Crippen LogP) is -1.68. The van der Waals surface area contributed by atoms with Gasteiger partial charge < -0.3 is 19.7 Å². The Balaban J connectivity index is 2.33. The highest BCUT2D eigenvalue weighted by atomic mass is 16.6. The quantitative estimate of drug-likeness (QED) is 0.563. The summed E-state index contributed by atoms with van der Waals surface area (Å²) in [5.41, 5.74) is -1.26. The lowest BCUT2D eigenvalue weighted by atomic mass is 10.1. The summed E-state index contributed by atoms with van der Waals surface area (Å²) in [6.45, 7) is 2.98. The molecule has 104 valence electrons. The summed E-state index contributed by atoms with van der Waals surface area (Å²) < 4.78 is 11.5. The highest BCUT2D eigenvalue weighted by Crippen LogP contribution is 2.30. The van der Waals surface area contributed by atoms with Crippen LogP contribution in [0.2, 0.25) is 0 Å². The van der Waals surface area contributed by atoms with Crippen molar-refractivity contribution in [1.29, 1.82) is 0 Å². The van der Waals surface area contributed by atoms with Crippen LogP contribution in [0.5, 0.6) is 0 Å². The number of hydrogen-bond donors (Lipinski definition) is 3. The fourth-order valence-corrected chi connectivity index (χ4v) is 2.00. The summed E-state index contributed by atoms with van der Waals surface area (Å²) in [5, 5.41) is 19.2. The fraction of sp³-hybridized carbons (Fsp3) is 0.455. The van der Waals surface area contributed by atoms with Gasteiger partial charge in [0.25, 0.3) is 5.56 Å². The predicted molar refractivity (Wildman–Crippen MR) is 63.4 cm³/mol. The van der Waals surface area contributed by atoms with Gasteiger partial charge >= 0.3 is 5.69 Å². The molecule has 1 aromatic heterocycles. The number of aliphatic hydroxyl groups is 2. The van der Waals surface area contributed by atoms with Gasteiger partial charge in [0.2, 0.25) is 0 Å². The van der Waals surface area contributed by atoms with E-state index in [2.05, 4.69) is 11.6 Å². The average Bonchev–Trinajstić information content (AvgIpc) is 2.68. The molecule has 0 aromatic carbocycles.